The number of aryl methyl sites for hydroxylation is 1. The standard InChI is InChI=1S/C19H17N3O3/c1-21-17-9-8-14(25-3)10-15(17)16-11-20-22(19(23)18(16)21)12-4-6-13(24-2)7-5-12/h4-11H,1-3H3. The molecule has 0 aliphatic heterocycles. The molecule has 0 amide bonds. The van der Waals surface area contributed by atoms with Crippen molar-refractivity contribution in [3.05, 3.63) is 59.0 Å². The number of fused-ring (bicyclic) bond motifs is 3. The zero-order chi connectivity index (χ0) is 17.6. The molecule has 0 bridgehead atoms. The molecule has 0 unspecified atom stereocenters. The van der Waals surface area contributed by atoms with Crippen molar-refractivity contribution in [3.8, 4) is 17.2 Å². The SMILES string of the molecule is COc1ccc(-n2ncc3c4cc(OC)ccc4n(C)c3c2=O)cc1. The molecule has 0 aliphatic rings. The van der Waals surface area contributed by atoms with Gasteiger partial charge < -0.3 is 14.0 Å². The fourth-order valence-corrected chi connectivity index (χ4v) is 3.14. The molecule has 0 spiro atoms. The van der Waals surface area contributed by atoms with Gasteiger partial charge in [-0.15, -0.1) is 0 Å². The Morgan fingerprint density at radius 3 is 2.28 bits per heavy atom. The molecule has 2 aromatic heterocycles. The van der Waals surface area contributed by atoms with E-state index in [9.17, 15) is 4.79 Å². The number of rotatable bonds is 3. The Bertz CT molecular complexity index is 1140. The Kier molecular flexibility index (Phi) is 3.46. The highest BCUT2D eigenvalue weighted by molar-refractivity contribution is 6.07. The highest BCUT2D eigenvalue weighted by atomic mass is 16.5. The highest BCUT2D eigenvalue weighted by Gasteiger charge is 2.15. The van der Waals surface area contributed by atoms with E-state index in [0.29, 0.717) is 11.2 Å². The smallest absolute Gasteiger partial charge is 0.296 e. The molecule has 0 N–H and O–H groups in total. The van der Waals surface area contributed by atoms with Crippen LogP contribution in [-0.2, 0) is 7.05 Å². The Morgan fingerprint density at radius 2 is 1.60 bits per heavy atom. The number of aromatic nitrogens is 3. The van der Waals surface area contributed by atoms with Gasteiger partial charge in [-0.3, -0.25) is 4.79 Å². The summed E-state index contributed by atoms with van der Waals surface area (Å²) >= 11 is 0. The maximum absolute atomic E-state index is 13.0. The molecular formula is C19H17N3O3. The summed E-state index contributed by atoms with van der Waals surface area (Å²) in [6, 6.07) is 13.0. The van der Waals surface area contributed by atoms with Gasteiger partial charge in [0.2, 0.25) is 0 Å². The lowest BCUT2D eigenvalue weighted by Gasteiger charge is -2.06. The summed E-state index contributed by atoms with van der Waals surface area (Å²) in [4.78, 5) is 13.0. The van der Waals surface area contributed by atoms with Crippen molar-refractivity contribution in [1.29, 1.82) is 0 Å². The summed E-state index contributed by atoms with van der Waals surface area (Å²) in [5.41, 5.74) is 2.09. The Balaban J connectivity index is 2.00. The van der Waals surface area contributed by atoms with E-state index < -0.39 is 0 Å². The number of benzene rings is 2. The van der Waals surface area contributed by atoms with Gasteiger partial charge in [0, 0.05) is 23.3 Å². The van der Waals surface area contributed by atoms with Crippen molar-refractivity contribution in [2.24, 2.45) is 7.05 Å². The molecule has 126 valence electrons. The van der Waals surface area contributed by atoms with Gasteiger partial charge in [-0.2, -0.15) is 9.78 Å². The topological polar surface area (TPSA) is 58.3 Å². The molecule has 6 heteroatoms. The first kappa shape index (κ1) is 15.3. The minimum atomic E-state index is -0.166. The molecule has 0 saturated carbocycles. The van der Waals surface area contributed by atoms with Crippen LogP contribution in [-0.4, -0.2) is 28.6 Å². The predicted octanol–water partition coefficient (Wildman–Crippen LogP) is 2.89. The van der Waals surface area contributed by atoms with Crippen molar-refractivity contribution in [3.63, 3.8) is 0 Å². The Morgan fingerprint density at radius 1 is 0.920 bits per heavy atom. The molecule has 0 atom stereocenters. The summed E-state index contributed by atoms with van der Waals surface area (Å²) in [5.74, 6) is 1.48. The van der Waals surface area contributed by atoms with Crippen LogP contribution >= 0.6 is 0 Å². The van der Waals surface area contributed by atoms with Gasteiger partial charge in [-0.05, 0) is 42.5 Å². The lowest BCUT2D eigenvalue weighted by atomic mass is 10.2. The van der Waals surface area contributed by atoms with E-state index in [4.69, 9.17) is 9.47 Å². The van der Waals surface area contributed by atoms with Crippen molar-refractivity contribution in [2.75, 3.05) is 14.2 Å². The lowest BCUT2D eigenvalue weighted by molar-refractivity contribution is 0.414. The summed E-state index contributed by atoms with van der Waals surface area (Å²) < 4.78 is 13.8. The Hall–Kier alpha value is -3.28. The van der Waals surface area contributed by atoms with Gasteiger partial charge in [-0.1, -0.05) is 0 Å². The van der Waals surface area contributed by atoms with Crippen LogP contribution in [0.2, 0.25) is 0 Å². The van der Waals surface area contributed by atoms with E-state index in [1.807, 2.05) is 41.9 Å². The summed E-state index contributed by atoms with van der Waals surface area (Å²) in [5, 5.41) is 6.12. The summed E-state index contributed by atoms with van der Waals surface area (Å²) in [6.45, 7) is 0. The van der Waals surface area contributed by atoms with E-state index >= 15 is 0 Å². The normalized spacial score (nSPS) is 11.2. The zero-order valence-electron chi connectivity index (χ0n) is 14.2. The van der Waals surface area contributed by atoms with Gasteiger partial charge in [0.25, 0.3) is 5.56 Å². The fourth-order valence-electron chi connectivity index (χ4n) is 3.14. The molecule has 2 heterocycles. The van der Waals surface area contributed by atoms with Crippen LogP contribution in [0.25, 0.3) is 27.5 Å². The second-order valence-corrected chi connectivity index (χ2v) is 5.76. The van der Waals surface area contributed by atoms with Crippen LogP contribution in [0.15, 0.2) is 53.5 Å². The monoisotopic (exact) mass is 335 g/mol. The summed E-state index contributed by atoms with van der Waals surface area (Å²) in [6.07, 6.45) is 1.72. The number of hydrogen-bond donors (Lipinski definition) is 0. The van der Waals surface area contributed by atoms with E-state index in [-0.39, 0.29) is 5.56 Å². The first-order valence-corrected chi connectivity index (χ1v) is 7.83. The molecule has 0 aliphatic carbocycles. The van der Waals surface area contributed by atoms with Crippen molar-refractivity contribution < 1.29 is 9.47 Å². The quantitative estimate of drug-likeness (QED) is 0.578. The van der Waals surface area contributed by atoms with Crippen LogP contribution in [0.3, 0.4) is 0 Å². The predicted molar refractivity (Wildman–Crippen MR) is 96.9 cm³/mol. The maximum Gasteiger partial charge on any atom is 0.296 e. The first-order chi connectivity index (χ1) is 12.1. The minimum Gasteiger partial charge on any atom is -0.497 e. The van der Waals surface area contributed by atoms with E-state index in [1.54, 1.807) is 32.5 Å². The zero-order valence-corrected chi connectivity index (χ0v) is 14.2. The van der Waals surface area contributed by atoms with Crippen LogP contribution in [0.4, 0.5) is 0 Å². The van der Waals surface area contributed by atoms with Crippen molar-refractivity contribution >= 4 is 21.8 Å². The number of ether oxygens (including phenoxy) is 2. The second kappa shape index (κ2) is 5.66. The second-order valence-electron chi connectivity index (χ2n) is 5.76. The highest BCUT2D eigenvalue weighted by Crippen LogP contribution is 2.29. The van der Waals surface area contributed by atoms with Crippen LogP contribution in [0, 0.1) is 0 Å². The third-order valence-corrected chi connectivity index (χ3v) is 4.46. The molecular weight excluding hydrogens is 318 g/mol. The van der Waals surface area contributed by atoms with Gasteiger partial charge in [0.1, 0.15) is 17.0 Å². The van der Waals surface area contributed by atoms with Gasteiger partial charge in [0.15, 0.2) is 0 Å². The number of methoxy groups -OCH3 is 2. The fraction of sp³-hybridized carbons (Fsp3) is 0.158. The molecule has 4 aromatic rings. The molecule has 0 fully saturated rings. The van der Waals surface area contributed by atoms with Crippen molar-refractivity contribution in [1.82, 2.24) is 14.3 Å². The Labute approximate surface area is 143 Å². The van der Waals surface area contributed by atoms with E-state index in [2.05, 4.69) is 5.10 Å². The lowest BCUT2D eigenvalue weighted by Crippen LogP contribution is -2.22. The largest absolute Gasteiger partial charge is 0.497 e. The van der Waals surface area contributed by atoms with Gasteiger partial charge >= 0.3 is 0 Å². The average Bonchev–Trinajstić information content (AvgIpc) is 2.95. The van der Waals surface area contributed by atoms with Crippen LogP contribution in [0.5, 0.6) is 11.5 Å². The van der Waals surface area contributed by atoms with Crippen LogP contribution in [0.1, 0.15) is 0 Å². The van der Waals surface area contributed by atoms with E-state index in [1.165, 1.54) is 4.68 Å². The average molecular weight is 335 g/mol. The van der Waals surface area contributed by atoms with E-state index in [0.717, 1.165) is 27.8 Å². The number of nitrogens with zero attached hydrogens (tertiary/aromatic N) is 3. The molecule has 2 aromatic carbocycles. The maximum atomic E-state index is 13.0. The van der Waals surface area contributed by atoms with Gasteiger partial charge in [0.05, 0.1) is 26.1 Å². The van der Waals surface area contributed by atoms with Crippen molar-refractivity contribution in [2.45, 2.75) is 0 Å². The third-order valence-electron chi connectivity index (χ3n) is 4.46. The molecule has 6 nitrogen and oxygen atoms in total. The molecule has 4 rings (SSSR count). The molecule has 0 saturated heterocycles. The van der Waals surface area contributed by atoms with Gasteiger partial charge in [-0.25, -0.2) is 0 Å². The number of hydrogen-bond acceptors (Lipinski definition) is 4. The first-order valence-electron chi connectivity index (χ1n) is 7.83. The van der Waals surface area contributed by atoms with Crippen LogP contribution < -0.4 is 15.0 Å². The third kappa shape index (κ3) is 2.26. The minimum absolute atomic E-state index is 0.166. The molecule has 0 radical (unpaired) electrons. The summed E-state index contributed by atoms with van der Waals surface area (Å²) in [7, 11) is 5.12. The molecule has 25 heavy (non-hydrogen) atoms.